The molecule has 0 heterocycles. The summed E-state index contributed by atoms with van der Waals surface area (Å²) < 4.78 is 0. The fourth-order valence-corrected chi connectivity index (χ4v) is 2.26. The molecule has 0 aliphatic carbocycles. The van der Waals surface area contributed by atoms with Gasteiger partial charge in [-0.3, -0.25) is 4.79 Å². The van der Waals surface area contributed by atoms with E-state index in [1.54, 1.807) is 0 Å². The highest BCUT2D eigenvalue weighted by Gasteiger charge is 1.91. The Morgan fingerprint density at radius 1 is 0.667 bits per heavy atom. The van der Waals surface area contributed by atoms with Gasteiger partial charge in [-0.25, -0.2) is 0 Å². The van der Waals surface area contributed by atoms with Gasteiger partial charge in [-0.05, 0) is 57.8 Å². The van der Waals surface area contributed by atoms with Gasteiger partial charge in [-0.2, -0.15) is 0 Å². The van der Waals surface area contributed by atoms with Crippen molar-refractivity contribution in [3.63, 3.8) is 0 Å². The van der Waals surface area contributed by atoms with Gasteiger partial charge in [-0.1, -0.05) is 68.4 Å². The van der Waals surface area contributed by atoms with Crippen molar-refractivity contribution in [2.75, 3.05) is 0 Å². The maximum absolute atomic E-state index is 10.3. The first-order valence-corrected chi connectivity index (χ1v) is 9.59. The molecule has 0 aliphatic rings. The van der Waals surface area contributed by atoms with Crippen molar-refractivity contribution in [3.8, 4) is 0 Å². The van der Waals surface area contributed by atoms with Gasteiger partial charge in [0.1, 0.15) is 0 Å². The number of allylic oxidation sites excluding steroid dienone is 8. The fourth-order valence-electron chi connectivity index (χ4n) is 2.26. The van der Waals surface area contributed by atoms with Crippen molar-refractivity contribution < 1.29 is 9.90 Å². The smallest absolute Gasteiger partial charge is 0.303 e. The Hall–Kier alpha value is -1.57. The van der Waals surface area contributed by atoms with E-state index in [1.807, 2.05) is 6.08 Å². The summed E-state index contributed by atoms with van der Waals surface area (Å²) in [5.74, 6) is -0.721. The van der Waals surface area contributed by atoms with Crippen molar-refractivity contribution >= 4 is 5.97 Å². The summed E-state index contributed by atoms with van der Waals surface area (Å²) in [6.45, 7) is 2.24. The maximum atomic E-state index is 10.3. The lowest BCUT2D eigenvalue weighted by atomic mass is 10.1. The van der Waals surface area contributed by atoms with Gasteiger partial charge in [0.15, 0.2) is 0 Å². The van der Waals surface area contributed by atoms with E-state index in [1.165, 1.54) is 38.5 Å². The number of hydrogen-bond donors (Lipinski definition) is 1. The first-order chi connectivity index (χ1) is 11.8. The largest absolute Gasteiger partial charge is 0.481 e. The topological polar surface area (TPSA) is 37.3 Å². The minimum atomic E-state index is -0.721. The van der Waals surface area contributed by atoms with Crippen LogP contribution in [-0.4, -0.2) is 11.1 Å². The molecule has 0 aromatic rings. The molecule has 136 valence electrons. The first-order valence-electron chi connectivity index (χ1n) is 9.59. The number of carboxylic acids is 1. The first kappa shape index (κ1) is 22.4. The zero-order chi connectivity index (χ0) is 17.7. The van der Waals surface area contributed by atoms with Crippen LogP contribution < -0.4 is 0 Å². The zero-order valence-corrected chi connectivity index (χ0v) is 15.5. The van der Waals surface area contributed by atoms with Crippen LogP contribution in [0.1, 0.15) is 84.0 Å². The van der Waals surface area contributed by atoms with Crippen LogP contribution in [0.3, 0.4) is 0 Å². The molecule has 0 amide bonds. The summed E-state index contributed by atoms with van der Waals surface area (Å²) in [7, 11) is 0. The summed E-state index contributed by atoms with van der Waals surface area (Å²) in [4.78, 5) is 10.3. The fraction of sp³-hybridized carbons (Fsp3) is 0.591. The standard InChI is InChI=1S/C22H36O2/c1-2-3-4-5-6-7-8-9-10-11-12-13-14-15-16-17-18-19-20-21-22(23)24/h6-7,9-10,12-13,18-19H,2-5,8,11,14-17,20-21H2,1H3,(H,23,24)/b7-6+,10-9+,13-12+,19-18+. The number of unbranched alkanes of at least 4 members (excludes halogenated alkanes) is 6. The minimum Gasteiger partial charge on any atom is -0.481 e. The second-order valence-corrected chi connectivity index (χ2v) is 6.07. The van der Waals surface area contributed by atoms with Crippen LogP contribution in [0.4, 0.5) is 0 Å². The summed E-state index contributed by atoms with van der Waals surface area (Å²) in [6.07, 6.45) is 30.3. The quantitative estimate of drug-likeness (QED) is 0.244. The summed E-state index contributed by atoms with van der Waals surface area (Å²) >= 11 is 0. The molecule has 0 atom stereocenters. The van der Waals surface area contributed by atoms with Gasteiger partial charge in [0, 0.05) is 6.42 Å². The number of aliphatic carboxylic acids is 1. The summed E-state index contributed by atoms with van der Waals surface area (Å²) in [5.41, 5.74) is 0. The highest BCUT2D eigenvalue weighted by molar-refractivity contribution is 5.66. The van der Waals surface area contributed by atoms with Crippen molar-refractivity contribution in [2.24, 2.45) is 0 Å². The van der Waals surface area contributed by atoms with E-state index < -0.39 is 5.97 Å². The number of rotatable bonds is 16. The zero-order valence-electron chi connectivity index (χ0n) is 15.5. The van der Waals surface area contributed by atoms with Crippen LogP contribution in [0.25, 0.3) is 0 Å². The van der Waals surface area contributed by atoms with Crippen LogP contribution in [0, 0.1) is 0 Å². The average molecular weight is 333 g/mol. The number of carbonyl (C=O) groups is 1. The van der Waals surface area contributed by atoms with Gasteiger partial charge in [-0.15, -0.1) is 0 Å². The molecule has 0 aliphatic heterocycles. The molecule has 2 nitrogen and oxygen atoms in total. The van der Waals surface area contributed by atoms with Gasteiger partial charge < -0.3 is 5.11 Å². The molecule has 0 fully saturated rings. The molecule has 1 N–H and O–H groups in total. The van der Waals surface area contributed by atoms with E-state index in [0.717, 1.165) is 25.7 Å². The second-order valence-electron chi connectivity index (χ2n) is 6.07. The monoisotopic (exact) mass is 332 g/mol. The molecule has 0 spiro atoms. The van der Waals surface area contributed by atoms with Crippen molar-refractivity contribution in [2.45, 2.75) is 84.0 Å². The highest BCUT2D eigenvalue weighted by atomic mass is 16.4. The number of carboxylic acid groups (broad SMARTS) is 1. The Morgan fingerprint density at radius 2 is 1.08 bits per heavy atom. The van der Waals surface area contributed by atoms with Gasteiger partial charge in [0.05, 0.1) is 0 Å². The van der Waals surface area contributed by atoms with Crippen LogP contribution in [-0.2, 0) is 4.79 Å². The van der Waals surface area contributed by atoms with Crippen LogP contribution in [0.5, 0.6) is 0 Å². The molecule has 0 aromatic heterocycles. The Bertz CT molecular complexity index is 389. The normalized spacial score (nSPS) is 12.4. The number of hydrogen-bond acceptors (Lipinski definition) is 1. The molecule has 0 rings (SSSR count). The molecule has 2 heteroatoms. The minimum absolute atomic E-state index is 0.238. The van der Waals surface area contributed by atoms with Crippen molar-refractivity contribution in [1.82, 2.24) is 0 Å². The Morgan fingerprint density at radius 3 is 1.58 bits per heavy atom. The molecule has 0 saturated heterocycles. The van der Waals surface area contributed by atoms with Crippen molar-refractivity contribution in [1.29, 1.82) is 0 Å². The SMILES string of the molecule is CCCCC/C=C/C/C=C/C/C=C/CCCC/C=C/CCC(=O)O. The molecule has 0 radical (unpaired) electrons. The van der Waals surface area contributed by atoms with E-state index >= 15 is 0 Å². The Labute approximate surface area is 149 Å². The van der Waals surface area contributed by atoms with Gasteiger partial charge >= 0.3 is 5.97 Å². The third-order valence-corrected chi connectivity index (χ3v) is 3.70. The van der Waals surface area contributed by atoms with Gasteiger partial charge in [0.2, 0.25) is 0 Å². The lowest BCUT2D eigenvalue weighted by Gasteiger charge is -1.93. The molecule has 0 bridgehead atoms. The van der Waals surface area contributed by atoms with Crippen LogP contribution in [0.2, 0.25) is 0 Å². The summed E-state index contributed by atoms with van der Waals surface area (Å²) in [5, 5.41) is 8.51. The molecule has 0 aromatic carbocycles. The Kier molecular flexibility index (Phi) is 18.2. The third kappa shape index (κ3) is 20.4. The van der Waals surface area contributed by atoms with E-state index in [9.17, 15) is 4.79 Å². The predicted molar refractivity (Wildman–Crippen MR) is 105 cm³/mol. The average Bonchev–Trinajstić information content (AvgIpc) is 2.56. The lowest BCUT2D eigenvalue weighted by molar-refractivity contribution is -0.136. The lowest BCUT2D eigenvalue weighted by Crippen LogP contribution is -1.91. The highest BCUT2D eigenvalue weighted by Crippen LogP contribution is 2.04. The molecule has 0 unspecified atom stereocenters. The molecule has 24 heavy (non-hydrogen) atoms. The second kappa shape index (κ2) is 19.5. The van der Waals surface area contributed by atoms with E-state index in [2.05, 4.69) is 49.5 Å². The van der Waals surface area contributed by atoms with Gasteiger partial charge in [0.25, 0.3) is 0 Å². The predicted octanol–water partition coefficient (Wildman–Crippen LogP) is 7.00. The van der Waals surface area contributed by atoms with Crippen LogP contribution in [0.15, 0.2) is 48.6 Å². The molecular weight excluding hydrogens is 296 g/mol. The molecule has 0 saturated carbocycles. The van der Waals surface area contributed by atoms with Crippen molar-refractivity contribution in [3.05, 3.63) is 48.6 Å². The van der Waals surface area contributed by atoms with E-state index in [-0.39, 0.29) is 6.42 Å². The summed E-state index contributed by atoms with van der Waals surface area (Å²) in [6, 6.07) is 0. The molecular formula is C22H36O2. The van der Waals surface area contributed by atoms with E-state index in [0.29, 0.717) is 6.42 Å². The maximum Gasteiger partial charge on any atom is 0.303 e. The van der Waals surface area contributed by atoms with E-state index in [4.69, 9.17) is 5.11 Å². The third-order valence-electron chi connectivity index (χ3n) is 3.70. The van der Waals surface area contributed by atoms with Crippen LogP contribution >= 0.6 is 0 Å². The Balaban J connectivity index is 3.34.